The van der Waals surface area contributed by atoms with E-state index in [0.29, 0.717) is 31.6 Å². The third kappa shape index (κ3) is 2.70. The van der Waals surface area contributed by atoms with E-state index in [0.717, 1.165) is 12.0 Å². The Hall–Kier alpha value is -1.95. The standard InChI is InChI=1S/C16H20FN3O2/c1-9-8-20(5-4-13(9)18)16(22)11-6-10-2-3-15(21)19-14(10)7-12(11)17/h6-7,9,13H,2-5,8,18H2,1H3,(H,19,21). The minimum absolute atomic E-state index is 0.0811. The predicted molar refractivity (Wildman–Crippen MR) is 81.0 cm³/mol. The van der Waals surface area contributed by atoms with Gasteiger partial charge in [-0.2, -0.15) is 0 Å². The molecule has 0 saturated carbocycles. The number of hydrogen-bond acceptors (Lipinski definition) is 3. The van der Waals surface area contributed by atoms with Gasteiger partial charge in [-0.1, -0.05) is 6.92 Å². The predicted octanol–water partition coefficient (Wildman–Crippen LogP) is 1.52. The number of anilines is 1. The Kier molecular flexibility index (Phi) is 3.87. The fraction of sp³-hybridized carbons (Fsp3) is 0.500. The molecule has 2 amide bonds. The van der Waals surface area contributed by atoms with Crippen molar-refractivity contribution in [2.75, 3.05) is 18.4 Å². The lowest BCUT2D eigenvalue weighted by Crippen LogP contribution is -2.48. The Bertz CT molecular complexity index is 632. The highest BCUT2D eigenvalue weighted by atomic mass is 19.1. The average Bonchev–Trinajstić information content (AvgIpc) is 2.48. The molecule has 6 heteroatoms. The van der Waals surface area contributed by atoms with Crippen LogP contribution in [0.3, 0.4) is 0 Å². The van der Waals surface area contributed by atoms with Crippen LogP contribution in [0.4, 0.5) is 10.1 Å². The van der Waals surface area contributed by atoms with E-state index in [2.05, 4.69) is 5.32 Å². The molecule has 3 rings (SSSR count). The third-order valence-corrected chi connectivity index (χ3v) is 4.58. The first-order chi connectivity index (χ1) is 10.5. The lowest BCUT2D eigenvalue weighted by Gasteiger charge is -2.35. The topological polar surface area (TPSA) is 75.4 Å². The number of carbonyl (C=O) groups excluding carboxylic acids is 2. The molecule has 5 nitrogen and oxygen atoms in total. The van der Waals surface area contributed by atoms with E-state index < -0.39 is 5.82 Å². The van der Waals surface area contributed by atoms with Gasteiger partial charge in [-0.25, -0.2) is 4.39 Å². The fourth-order valence-electron chi connectivity index (χ4n) is 3.08. The molecule has 0 spiro atoms. The summed E-state index contributed by atoms with van der Waals surface area (Å²) in [6.45, 7) is 3.10. The summed E-state index contributed by atoms with van der Waals surface area (Å²) >= 11 is 0. The third-order valence-electron chi connectivity index (χ3n) is 4.58. The Morgan fingerprint density at radius 2 is 2.18 bits per heavy atom. The SMILES string of the molecule is CC1CN(C(=O)c2cc3c(cc2F)NC(=O)CC3)CCC1N. The quantitative estimate of drug-likeness (QED) is 0.826. The number of aryl methyl sites for hydroxylation is 1. The number of halogens is 1. The largest absolute Gasteiger partial charge is 0.338 e. The van der Waals surface area contributed by atoms with Crippen LogP contribution >= 0.6 is 0 Å². The van der Waals surface area contributed by atoms with Crippen molar-refractivity contribution in [1.82, 2.24) is 4.90 Å². The number of likely N-dealkylation sites (tertiary alicyclic amines) is 1. The smallest absolute Gasteiger partial charge is 0.256 e. The van der Waals surface area contributed by atoms with Gasteiger partial charge in [-0.05, 0) is 36.5 Å². The van der Waals surface area contributed by atoms with Gasteiger partial charge in [0.2, 0.25) is 5.91 Å². The summed E-state index contributed by atoms with van der Waals surface area (Å²) < 4.78 is 14.3. The molecule has 2 aliphatic heterocycles. The maximum Gasteiger partial charge on any atom is 0.256 e. The summed E-state index contributed by atoms with van der Waals surface area (Å²) in [7, 11) is 0. The zero-order chi connectivity index (χ0) is 15.9. The second-order valence-electron chi connectivity index (χ2n) is 6.22. The highest BCUT2D eigenvalue weighted by Crippen LogP contribution is 2.27. The molecule has 0 aliphatic carbocycles. The lowest BCUT2D eigenvalue weighted by molar-refractivity contribution is -0.116. The molecule has 2 unspecified atom stereocenters. The summed E-state index contributed by atoms with van der Waals surface area (Å²) in [6.07, 6.45) is 1.63. The minimum atomic E-state index is -0.589. The molecule has 1 saturated heterocycles. The van der Waals surface area contributed by atoms with E-state index in [1.165, 1.54) is 6.07 Å². The average molecular weight is 305 g/mol. The van der Waals surface area contributed by atoms with Crippen molar-refractivity contribution in [3.8, 4) is 0 Å². The molecule has 118 valence electrons. The van der Waals surface area contributed by atoms with E-state index in [1.807, 2.05) is 6.92 Å². The van der Waals surface area contributed by atoms with Crippen LogP contribution in [-0.4, -0.2) is 35.8 Å². The van der Waals surface area contributed by atoms with Crippen molar-refractivity contribution < 1.29 is 14.0 Å². The van der Waals surface area contributed by atoms with E-state index in [1.54, 1.807) is 11.0 Å². The van der Waals surface area contributed by atoms with Gasteiger partial charge in [-0.15, -0.1) is 0 Å². The van der Waals surface area contributed by atoms with Crippen LogP contribution in [0.25, 0.3) is 0 Å². The Balaban J connectivity index is 1.85. The molecular weight excluding hydrogens is 285 g/mol. The van der Waals surface area contributed by atoms with Gasteiger partial charge >= 0.3 is 0 Å². The van der Waals surface area contributed by atoms with E-state index in [-0.39, 0.29) is 29.3 Å². The zero-order valence-corrected chi connectivity index (χ0v) is 12.6. The van der Waals surface area contributed by atoms with Crippen molar-refractivity contribution in [2.45, 2.75) is 32.2 Å². The normalized spacial score (nSPS) is 24.7. The van der Waals surface area contributed by atoms with Gasteiger partial charge in [0.25, 0.3) is 5.91 Å². The first-order valence-corrected chi connectivity index (χ1v) is 7.63. The molecule has 22 heavy (non-hydrogen) atoms. The van der Waals surface area contributed by atoms with E-state index in [4.69, 9.17) is 5.73 Å². The van der Waals surface area contributed by atoms with Crippen LogP contribution in [0.2, 0.25) is 0 Å². The minimum Gasteiger partial charge on any atom is -0.338 e. The van der Waals surface area contributed by atoms with Crippen LogP contribution in [0.1, 0.15) is 35.7 Å². The molecular formula is C16H20FN3O2. The number of carbonyl (C=O) groups is 2. The zero-order valence-electron chi connectivity index (χ0n) is 12.6. The highest BCUT2D eigenvalue weighted by Gasteiger charge is 2.29. The summed E-state index contributed by atoms with van der Waals surface area (Å²) in [6, 6.07) is 2.91. The van der Waals surface area contributed by atoms with Gasteiger partial charge in [-0.3, -0.25) is 9.59 Å². The van der Waals surface area contributed by atoms with Gasteiger partial charge in [0, 0.05) is 31.2 Å². The van der Waals surface area contributed by atoms with Gasteiger partial charge in [0.1, 0.15) is 5.82 Å². The molecule has 2 atom stereocenters. The van der Waals surface area contributed by atoms with Crippen LogP contribution in [0.5, 0.6) is 0 Å². The van der Waals surface area contributed by atoms with E-state index >= 15 is 0 Å². The highest BCUT2D eigenvalue weighted by molar-refractivity contribution is 5.98. The van der Waals surface area contributed by atoms with Crippen LogP contribution < -0.4 is 11.1 Å². The molecule has 0 radical (unpaired) electrons. The van der Waals surface area contributed by atoms with Crippen molar-refractivity contribution in [1.29, 1.82) is 0 Å². The summed E-state index contributed by atoms with van der Waals surface area (Å²) in [5, 5.41) is 2.64. The maximum atomic E-state index is 14.3. The van der Waals surface area contributed by atoms with Crippen molar-refractivity contribution in [3.05, 3.63) is 29.1 Å². The van der Waals surface area contributed by atoms with Crippen LogP contribution in [-0.2, 0) is 11.2 Å². The number of amides is 2. The number of fused-ring (bicyclic) bond motifs is 1. The molecule has 1 aromatic rings. The summed E-state index contributed by atoms with van der Waals surface area (Å²) in [4.78, 5) is 25.6. The monoisotopic (exact) mass is 305 g/mol. The van der Waals surface area contributed by atoms with E-state index in [9.17, 15) is 14.0 Å². The maximum absolute atomic E-state index is 14.3. The van der Waals surface area contributed by atoms with Gasteiger partial charge < -0.3 is 16.0 Å². The number of hydrogen-bond donors (Lipinski definition) is 2. The number of rotatable bonds is 1. The Morgan fingerprint density at radius 1 is 1.41 bits per heavy atom. The van der Waals surface area contributed by atoms with Crippen LogP contribution in [0, 0.1) is 11.7 Å². The number of benzene rings is 1. The van der Waals surface area contributed by atoms with Crippen molar-refractivity contribution in [2.24, 2.45) is 11.7 Å². The molecule has 1 fully saturated rings. The lowest BCUT2D eigenvalue weighted by atomic mass is 9.93. The molecule has 3 N–H and O–H groups in total. The van der Waals surface area contributed by atoms with Gasteiger partial charge in [0.05, 0.1) is 5.56 Å². The first-order valence-electron chi connectivity index (χ1n) is 7.63. The first kappa shape index (κ1) is 15.0. The van der Waals surface area contributed by atoms with Crippen molar-refractivity contribution in [3.63, 3.8) is 0 Å². The number of piperidine rings is 1. The molecule has 0 bridgehead atoms. The Labute approximate surface area is 128 Å². The number of nitrogens with zero attached hydrogens (tertiary/aromatic N) is 1. The fourth-order valence-corrected chi connectivity index (χ4v) is 3.08. The second kappa shape index (κ2) is 5.68. The number of nitrogens with one attached hydrogen (secondary N) is 1. The molecule has 2 aliphatic rings. The second-order valence-corrected chi connectivity index (χ2v) is 6.22. The molecule has 2 heterocycles. The Morgan fingerprint density at radius 3 is 2.91 bits per heavy atom. The summed E-state index contributed by atoms with van der Waals surface area (Å²) in [5.41, 5.74) is 7.33. The molecule has 1 aromatic carbocycles. The number of nitrogens with two attached hydrogens (primary N) is 1. The summed E-state index contributed by atoms with van der Waals surface area (Å²) in [5.74, 6) is -0.799. The van der Waals surface area contributed by atoms with Gasteiger partial charge in [0.15, 0.2) is 0 Å². The van der Waals surface area contributed by atoms with Crippen molar-refractivity contribution >= 4 is 17.5 Å². The molecule has 0 aromatic heterocycles. The van der Waals surface area contributed by atoms with Crippen LogP contribution in [0.15, 0.2) is 12.1 Å².